The zero-order chi connectivity index (χ0) is 15.2. The summed E-state index contributed by atoms with van der Waals surface area (Å²) in [5, 5.41) is 5.68. The number of rotatable bonds is 4. The van der Waals surface area contributed by atoms with Crippen LogP contribution in [0.2, 0.25) is 5.02 Å². The average molecular weight is 303 g/mol. The van der Waals surface area contributed by atoms with Crippen LogP contribution in [0.15, 0.2) is 48.5 Å². The van der Waals surface area contributed by atoms with Crippen molar-refractivity contribution in [2.45, 2.75) is 6.92 Å². The van der Waals surface area contributed by atoms with Crippen LogP contribution in [0.25, 0.3) is 0 Å². The molecule has 4 nitrogen and oxygen atoms in total. The lowest BCUT2D eigenvalue weighted by molar-refractivity contribution is -0.115. The minimum Gasteiger partial charge on any atom is -0.343 e. The molecule has 21 heavy (non-hydrogen) atoms. The van der Waals surface area contributed by atoms with Crippen LogP contribution in [-0.4, -0.2) is 18.4 Å². The molecule has 0 aliphatic heterocycles. The molecule has 0 radical (unpaired) electrons. The van der Waals surface area contributed by atoms with Gasteiger partial charge in [-0.25, -0.2) is 0 Å². The third kappa shape index (κ3) is 4.33. The molecule has 0 heterocycles. The van der Waals surface area contributed by atoms with Crippen molar-refractivity contribution in [3.8, 4) is 0 Å². The normalized spacial score (nSPS) is 10.0. The predicted octanol–water partition coefficient (Wildman–Crippen LogP) is 3.02. The van der Waals surface area contributed by atoms with Gasteiger partial charge in [-0.3, -0.25) is 9.59 Å². The summed E-state index contributed by atoms with van der Waals surface area (Å²) in [6, 6.07) is 14.1. The molecule has 2 rings (SSSR count). The Kier molecular flexibility index (Phi) is 4.95. The summed E-state index contributed by atoms with van der Waals surface area (Å²) in [5.41, 5.74) is 2.05. The van der Waals surface area contributed by atoms with E-state index in [0.717, 1.165) is 5.56 Å². The molecule has 2 N–H and O–H groups in total. The fraction of sp³-hybridized carbons (Fsp3) is 0.125. The third-order valence-electron chi connectivity index (χ3n) is 2.84. The molecule has 2 aromatic carbocycles. The highest BCUT2D eigenvalue weighted by atomic mass is 35.5. The number of halogens is 1. The maximum Gasteiger partial charge on any atom is 0.251 e. The molecule has 2 aromatic rings. The van der Waals surface area contributed by atoms with Crippen molar-refractivity contribution in [1.82, 2.24) is 5.32 Å². The van der Waals surface area contributed by atoms with Crippen LogP contribution in [0.3, 0.4) is 0 Å². The van der Waals surface area contributed by atoms with Crippen LogP contribution >= 0.6 is 11.6 Å². The summed E-state index contributed by atoms with van der Waals surface area (Å²) in [6.07, 6.45) is 0. The van der Waals surface area contributed by atoms with Gasteiger partial charge in [-0.1, -0.05) is 35.9 Å². The number of hydrogen-bond donors (Lipinski definition) is 2. The Morgan fingerprint density at radius 3 is 2.48 bits per heavy atom. The number of carbonyl (C=O) groups is 2. The second-order valence-corrected chi connectivity index (χ2v) is 4.99. The Labute approximate surface area is 128 Å². The summed E-state index contributed by atoms with van der Waals surface area (Å²) >= 11 is 6.03. The molecule has 0 atom stereocenters. The van der Waals surface area contributed by atoms with E-state index in [4.69, 9.17) is 11.6 Å². The van der Waals surface area contributed by atoms with Gasteiger partial charge >= 0.3 is 0 Å². The largest absolute Gasteiger partial charge is 0.343 e. The first-order chi connectivity index (χ1) is 10.1. The van der Waals surface area contributed by atoms with Crippen LogP contribution < -0.4 is 10.6 Å². The zero-order valence-electron chi connectivity index (χ0n) is 11.5. The van der Waals surface area contributed by atoms with Gasteiger partial charge in [0.1, 0.15) is 0 Å². The number of amides is 2. The van der Waals surface area contributed by atoms with E-state index in [0.29, 0.717) is 16.3 Å². The molecular weight excluding hydrogens is 288 g/mol. The van der Waals surface area contributed by atoms with E-state index in [-0.39, 0.29) is 18.4 Å². The van der Waals surface area contributed by atoms with Gasteiger partial charge in [0, 0.05) is 5.56 Å². The minimum absolute atomic E-state index is 0.113. The number of carbonyl (C=O) groups excluding carboxylic acids is 2. The second kappa shape index (κ2) is 6.90. The molecule has 0 unspecified atom stereocenters. The predicted molar refractivity (Wildman–Crippen MR) is 83.6 cm³/mol. The Morgan fingerprint density at radius 2 is 1.81 bits per heavy atom. The van der Waals surface area contributed by atoms with E-state index in [1.165, 1.54) is 0 Å². The van der Waals surface area contributed by atoms with Crippen molar-refractivity contribution in [1.29, 1.82) is 0 Å². The average Bonchev–Trinajstić information content (AvgIpc) is 2.48. The first kappa shape index (κ1) is 15.1. The van der Waals surface area contributed by atoms with Crippen LogP contribution in [-0.2, 0) is 4.79 Å². The summed E-state index contributed by atoms with van der Waals surface area (Å²) in [6.45, 7) is 1.80. The van der Waals surface area contributed by atoms with Crippen LogP contribution in [0.5, 0.6) is 0 Å². The summed E-state index contributed by atoms with van der Waals surface area (Å²) < 4.78 is 0. The molecule has 0 saturated carbocycles. The molecule has 2 amide bonds. The van der Waals surface area contributed by atoms with Crippen LogP contribution in [0, 0.1) is 6.92 Å². The molecule has 0 aliphatic carbocycles. The van der Waals surface area contributed by atoms with Crippen LogP contribution in [0.4, 0.5) is 5.69 Å². The lowest BCUT2D eigenvalue weighted by Gasteiger charge is -2.09. The topological polar surface area (TPSA) is 58.2 Å². The quantitative estimate of drug-likeness (QED) is 0.912. The molecule has 0 aliphatic rings. The maximum atomic E-state index is 11.8. The fourth-order valence-electron chi connectivity index (χ4n) is 1.77. The van der Waals surface area contributed by atoms with E-state index in [1.807, 2.05) is 19.1 Å². The number of nitrogens with one attached hydrogen (secondary N) is 2. The molecule has 0 fully saturated rings. The maximum absolute atomic E-state index is 11.8. The Morgan fingerprint density at radius 1 is 1.10 bits per heavy atom. The fourth-order valence-corrected chi connectivity index (χ4v) is 2.05. The summed E-state index contributed by atoms with van der Waals surface area (Å²) in [7, 11) is 0. The van der Waals surface area contributed by atoms with E-state index >= 15 is 0 Å². The lowest BCUT2D eigenvalue weighted by Crippen LogP contribution is -2.32. The highest BCUT2D eigenvalue weighted by Gasteiger charge is 2.09. The van der Waals surface area contributed by atoms with Gasteiger partial charge in [0.2, 0.25) is 5.91 Å². The van der Waals surface area contributed by atoms with E-state index in [9.17, 15) is 9.59 Å². The summed E-state index contributed by atoms with van der Waals surface area (Å²) in [4.78, 5) is 23.6. The first-order valence-electron chi connectivity index (χ1n) is 6.45. The lowest BCUT2D eigenvalue weighted by atomic mass is 10.2. The molecule has 5 heteroatoms. The highest BCUT2D eigenvalue weighted by molar-refractivity contribution is 6.33. The minimum atomic E-state index is -0.329. The van der Waals surface area contributed by atoms with Crippen molar-refractivity contribution in [2.75, 3.05) is 11.9 Å². The zero-order valence-corrected chi connectivity index (χ0v) is 12.3. The third-order valence-corrected chi connectivity index (χ3v) is 3.16. The molecule has 0 saturated heterocycles. The molecule has 0 bridgehead atoms. The first-order valence-corrected chi connectivity index (χ1v) is 6.83. The van der Waals surface area contributed by atoms with Gasteiger partial charge in [-0.05, 0) is 36.8 Å². The van der Waals surface area contributed by atoms with Crippen LogP contribution in [0.1, 0.15) is 15.9 Å². The molecule has 0 spiro atoms. The van der Waals surface area contributed by atoms with E-state index in [1.54, 1.807) is 36.4 Å². The smallest absolute Gasteiger partial charge is 0.251 e. The number of hydrogen-bond acceptors (Lipinski definition) is 2. The number of benzene rings is 2. The SMILES string of the molecule is Cc1ccc(NC(=O)CNC(=O)c2ccccc2)c(Cl)c1. The second-order valence-electron chi connectivity index (χ2n) is 4.58. The van der Waals surface area contributed by atoms with Crippen molar-refractivity contribution < 1.29 is 9.59 Å². The van der Waals surface area contributed by atoms with Crippen molar-refractivity contribution in [3.63, 3.8) is 0 Å². The molecular formula is C16H15ClN2O2. The van der Waals surface area contributed by atoms with E-state index in [2.05, 4.69) is 10.6 Å². The van der Waals surface area contributed by atoms with Gasteiger partial charge in [0.15, 0.2) is 0 Å². The Bertz CT molecular complexity index is 657. The standard InChI is InChI=1S/C16H15ClN2O2/c1-11-7-8-14(13(17)9-11)19-15(20)10-18-16(21)12-5-3-2-4-6-12/h2-9H,10H2,1H3,(H,18,21)(H,19,20). The number of anilines is 1. The van der Waals surface area contributed by atoms with Crippen molar-refractivity contribution >= 4 is 29.1 Å². The number of aryl methyl sites for hydroxylation is 1. The van der Waals surface area contributed by atoms with E-state index < -0.39 is 0 Å². The van der Waals surface area contributed by atoms with Gasteiger partial charge in [0.05, 0.1) is 17.3 Å². The van der Waals surface area contributed by atoms with Gasteiger partial charge in [-0.2, -0.15) is 0 Å². The van der Waals surface area contributed by atoms with Crippen molar-refractivity contribution in [3.05, 3.63) is 64.7 Å². The monoisotopic (exact) mass is 302 g/mol. The van der Waals surface area contributed by atoms with Gasteiger partial charge in [0.25, 0.3) is 5.91 Å². The molecule has 0 aromatic heterocycles. The summed E-state index contributed by atoms with van der Waals surface area (Å²) in [5.74, 6) is -0.620. The Balaban J connectivity index is 1.89. The molecule has 108 valence electrons. The van der Waals surface area contributed by atoms with Gasteiger partial charge < -0.3 is 10.6 Å². The highest BCUT2D eigenvalue weighted by Crippen LogP contribution is 2.22. The van der Waals surface area contributed by atoms with Gasteiger partial charge in [-0.15, -0.1) is 0 Å². The Hall–Kier alpha value is -2.33. The van der Waals surface area contributed by atoms with Crippen molar-refractivity contribution in [2.24, 2.45) is 0 Å².